The number of hydrogen-bond donors (Lipinski definition) is 1. The van der Waals surface area contributed by atoms with Gasteiger partial charge in [-0.25, -0.2) is 0 Å². The van der Waals surface area contributed by atoms with Crippen molar-refractivity contribution in [3.05, 3.63) is 24.5 Å². The monoisotopic (exact) mass is 230 g/mol. The molecule has 3 rings (SSSR count). The topological polar surface area (TPSA) is 66.0 Å². The van der Waals surface area contributed by atoms with Crippen LogP contribution in [0.4, 0.5) is 5.69 Å². The number of hydrogen-bond acceptors (Lipinski definition) is 4. The minimum Gasteiger partial charge on any atom is -0.495 e. The van der Waals surface area contributed by atoms with Crippen LogP contribution >= 0.6 is 0 Å². The van der Waals surface area contributed by atoms with Gasteiger partial charge in [0.25, 0.3) is 0 Å². The first-order valence-electron chi connectivity index (χ1n) is 5.63. The lowest BCUT2D eigenvalue weighted by atomic mass is 10.1. The number of anilines is 1. The van der Waals surface area contributed by atoms with Gasteiger partial charge in [0.1, 0.15) is 12.1 Å². The van der Waals surface area contributed by atoms with E-state index in [9.17, 15) is 0 Å². The molecule has 0 bridgehead atoms. The fourth-order valence-electron chi connectivity index (χ4n) is 1.94. The van der Waals surface area contributed by atoms with Crippen molar-refractivity contribution < 1.29 is 4.74 Å². The van der Waals surface area contributed by atoms with Gasteiger partial charge >= 0.3 is 0 Å². The van der Waals surface area contributed by atoms with E-state index >= 15 is 0 Å². The SMILES string of the molecule is COc1ccc(-c2nncn2C2CC2)cc1N. The number of nitrogens with two attached hydrogens (primary N) is 1. The summed E-state index contributed by atoms with van der Waals surface area (Å²) in [7, 11) is 1.61. The molecule has 0 unspecified atom stereocenters. The molecule has 0 aliphatic heterocycles. The van der Waals surface area contributed by atoms with Crippen LogP contribution in [0, 0.1) is 0 Å². The molecule has 1 heterocycles. The standard InChI is InChI=1S/C12H14N4O/c1-17-11-5-2-8(6-10(11)13)12-15-14-7-16(12)9-3-4-9/h2,5-7,9H,3-4,13H2,1H3. The zero-order valence-electron chi connectivity index (χ0n) is 9.63. The normalized spacial score (nSPS) is 14.9. The van der Waals surface area contributed by atoms with E-state index in [1.54, 1.807) is 13.4 Å². The quantitative estimate of drug-likeness (QED) is 0.817. The van der Waals surface area contributed by atoms with Crippen molar-refractivity contribution in [3.63, 3.8) is 0 Å². The molecule has 1 aromatic heterocycles. The molecule has 1 saturated carbocycles. The summed E-state index contributed by atoms with van der Waals surface area (Å²) in [5, 5.41) is 8.13. The Labute approximate surface area is 99.2 Å². The Bertz CT molecular complexity index is 545. The van der Waals surface area contributed by atoms with E-state index in [1.165, 1.54) is 12.8 Å². The highest BCUT2D eigenvalue weighted by molar-refractivity contribution is 5.66. The lowest BCUT2D eigenvalue weighted by molar-refractivity contribution is 0.417. The summed E-state index contributed by atoms with van der Waals surface area (Å²) >= 11 is 0. The van der Waals surface area contributed by atoms with E-state index in [4.69, 9.17) is 10.5 Å². The van der Waals surface area contributed by atoms with Crippen molar-refractivity contribution in [3.8, 4) is 17.1 Å². The molecule has 88 valence electrons. The van der Waals surface area contributed by atoms with Gasteiger partial charge in [0.05, 0.1) is 12.8 Å². The third-order valence-electron chi connectivity index (χ3n) is 3.00. The van der Waals surface area contributed by atoms with Crippen LogP contribution in [0.1, 0.15) is 18.9 Å². The summed E-state index contributed by atoms with van der Waals surface area (Å²) in [5.41, 5.74) is 7.50. The largest absolute Gasteiger partial charge is 0.495 e. The highest BCUT2D eigenvalue weighted by Crippen LogP contribution is 2.38. The molecule has 5 nitrogen and oxygen atoms in total. The van der Waals surface area contributed by atoms with E-state index in [0.29, 0.717) is 17.5 Å². The molecule has 1 aliphatic rings. The third kappa shape index (κ3) is 1.73. The molecule has 0 atom stereocenters. The zero-order valence-corrected chi connectivity index (χ0v) is 9.63. The first-order chi connectivity index (χ1) is 8.29. The summed E-state index contributed by atoms with van der Waals surface area (Å²) in [6.45, 7) is 0. The van der Waals surface area contributed by atoms with Gasteiger partial charge in [0.15, 0.2) is 5.82 Å². The number of nitrogen functional groups attached to an aromatic ring is 1. The molecule has 0 amide bonds. The summed E-state index contributed by atoms with van der Waals surface area (Å²) < 4.78 is 7.25. The summed E-state index contributed by atoms with van der Waals surface area (Å²) in [6.07, 6.45) is 4.20. The van der Waals surface area contributed by atoms with E-state index in [2.05, 4.69) is 14.8 Å². The first-order valence-corrected chi connectivity index (χ1v) is 5.63. The Morgan fingerprint density at radius 1 is 1.41 bits per heavy atom. The van der Waals surface area contributed by atoms with Crippen molar-refractivity contribution in [2.24, 2.45) is 0 Å². The predicted molar refractivity (Wildman–Crippen MR) is 64.7 cm³/mol. The van der Waals surface area contributed by atoms with E-state index in [1.807, 2.05) is 18.2 Å². The number of benzene rings is 1. The van der Waals surface area contributed by atoms with Crippen molar-refractivity contribution in [1.82, 2.24) is 14.8 Å². The maximum Gasteiger partial charge on any atom is 0.164 e. The van der Waals surface area contributed by atoms with Gasteiger partial charge in [-0.05, 0) is 31.0 Å². The van der Waals surface area contributed by atoms with Crippen molar-refractivity contribution in [2.45, 2.75) is 18.9 Å². The van der Waals surface area contributed by atoms with Crippen LogP contribution in [0.5, 0.6) is 5.75 Å². The van der Waals surface area contributed by atoms with Crippen LogP contribution in [0.3, 0.4) is 0 Å². The average molecular weight is 230 g/mol. The van der Waals surface area contributed by atoms with Gasteiger partial charge in [-0.1, -0.05) is 0 Å². The molecule has 0 saturated heterocycles. The summed E-state index contributed by atoms with van der Waals surface area (Å²) in [4.78, 5) is 0. The van der Waals surface area contributed by atoms with Crippen LogP contribution < -0.4 is 10.5 Å². The molecule has 1 fully saturated rings. The highest BCUT2D eigenvalue weighted by atomic mass is 16.5. The second kappa shape index (κ2) is 3.76. The van der Waals surface area contributed by atoms with Crippen LogP contribution in [0.2, 0.25) is 0 Å². The Hall–Kier alpha value is -2.04. The van der Waals surface area contributed by atoms with E-state index < -0.39 is 0 Å². The molecule has 2 N–H and O–H groups in total. The number of ether oxygens (including phenoxy) is 1. The van der Waals surface area contributed by atoms with Crippen LogP contribution in [-0.4, -0.2) is 21.9 Å². The summed E-state index contributed by atoms with van der Waals surface area (Å²) in [5.74, 6) is 1.56. The van der Waals surface area contributed by atoms with Gasteiger partial charge in [-0.2, -0.15) is 0 Å². The smallest absolute Gasteiger partial charge is 0.164 e. The first kappa shape index (κ1) is 10.1. The minimum atomic E-state index is 0.559. The molecule has 0 spiro atoms. The van der Waals surface area contributed by atoms with Crippen LogP contribution in [-0.2, 0) is 0 Å². The highest BCUT2D eigenvalue weighted by Gasteiger charge is 2.26. The van der Waals surface area contributed by atoms with Gasteiger partial charge < -0.3 is 15.0 Å². The number of aromatic nitrogens is 3. The molecular weight excluding hydrogens is 216 g/mol. The van der Waals surface area contributed by atoms with Crippen molar-refractivity contribution in [1.29, 1.82) is 0 Å². The van der Waals surface area contributed by atoms with Crippen molar-refractivity contribution in [2.75, 3.05) is 12.8 Å². The maximum absolute atomic E-state index is 5.90. The zero-order chi connectivity index (χ0) is 11.8. The van der Waals surface area contributed by atoms with Gasteiger partial charge in [0.2, 0.25) is 0 Å². The minimum absolute atomic E-state index is 0.559. The molecule has 1 aromatic carbocycles. The second-order valence-electron chi connectivity index (χ2n) is 4.25. The second-order valence-corrected chi connectivity index (χ2v) is 4.25. The van der Waals surface area contributed by atoms with Crippen LogP contribution in [0.15, 0.2) is 24.5 Å². The fraction of sp³-hybridized carbons (Fsp3) is 0.333. The van der Waals surface area contributed by atoms with E-state index in [-0.39, 0.29) is 0 Å². The Kier molecular flexibility index (Phi) is 2.24. The summed E-state index contributed by atoms with van der Waals surface area (Å²) in [6, 6.07) is 6.25. The average Bonchev–Trinajstić information content (AvgIpc) is 3.07. The lowest BCUT2D eigenvalue weighted by Crippen LogP contribution is -1.98. The number of methoxy groups -OCH3 is 1. The van der Waals surface area contributed by atoms with Gasteiger partial charge in [-0.3, -0.25) is 0 Å². The molecule has 5 heteroatoms. The van der Waals surface area contributed by atoms with Crippen LogP contribution in [0.25, 0.3) is 11.4 Å². The molecule has 1 aliphatic carbocycles. The predicted octanol–water partition coefficient (Wildman–Crippen LogP) is 1.87. The Balaban J connectivity index is 2.02. The molecule has 0 radical (unpaired) electrons. The Morgan fingerprint density at radius 2 is 2.24 bits per heavy atom. The van der Waals surface area contributed by atoms with Crippen molar-refractivity contribution >= 4 is 5.69 Å². The Morgan fingerprint density at radius 3 is 2.88 bits per heavy atom. The lowest BCUT2D eigenvalue weighted by Gasteiger charge is -2.08. The molecular formula is C12H14N4O. The molecule has 17 heavy (non-hydrogen) atoms. The van der Waals surface area contributed by atoms with Gasteiger partial charge in [-0.15, -0.1) is 10.2 Å². The third-order valence-corrected chi connectivity index (χ3v) is 3.00. The van der Waals surface area contributed by atoms with E-state index in [0.717, 1.165) is 11.4 Å². The molecule has 2 aromatic rings. The maximum atomic E-state index is 5.90. The number of rotatable bonds is 3. The van der Waals surface area contributed by atoms with Gasteiger partial charge in [0, 0.05) is 11.6 Å². The number of nitrogens with zero attached hydrogens (tertiary/aromatic N) is 3. The fourth-order valence-corrected chi connectivity index (χ4v) is 1.94.